The summed E-state index contributed by atoms with van der Waals surface area (Å²) in [7, 11) is 0. The van der Waals surface area contributed by atoms with Crippen LogP contribution in [0.2, 0.25) is 0 Å². The second kappa shape index (κ2) is 9.00. The van der Waals surface area contributed by atoms with Crippen LogP contribution in [0.1, 0.15) is 97.3 Å². The van der Waals surface area contributed by atoms with Crippen molar-refractivity contribution in [3.05, 3.63) is 0 Å². The molecule has 192 valence electrons. The molecule has 0 spiro atoms. The van der Waals surface area contributed by atoms with E-state index in [4.69, 9.17) is 9.57 Å². The summed E-state index contributed by atoms with van der Waals surface area (Å²) >= 11 is 0. The first kappa shape index (κ1) is 24.4. The van der Waals surface area contributed by atoms with Crippen LogP contribution in [0.3, 0.4) is 0 Å². The van der Waals surface area contributed by atoms with E-state index in [1.165, 1.54) is 6.42 Å². The summed E-state index contributed by atoms with van der Waals surface area (Å²) in [6.45, 7) is 4.70. The number of Topliss-reactive ketones (excluding diaryl/α,β-unsaturated/α-hetero) is 1. The van der Waals surface area contributed by atoms with Crippen LogP contribution in [0.15, 0.2) is 0 Å². The summed E-state index contributed by atoms with van der Waals surface area (Å²) in [5.41, 5.74) is 0.199. The summed E-state index contributed by atoms with van der Waals surface area (Å²) in [6, 6.07) is 0. The fraction of sp³-hybridized carbons (Fsp3) is 0.815. The Kier molecular flexibility index (Phi) is 6.29. The Morgan fingerprint density at radius 2 is 1.51 bits per heavy atom. The molecule has 8 heteroatoms. The minimum Gasteiger partial charge on any atom is -0.462 e. The lowest BCUT2D eigenvalue weighted by Crippen LogP contribution is -2.54. The van der Waals surface area contributed by atoms with Gasteiger partial charge in [0.2, 0.25) is 0 Å². The molecule has 5 aliphatic rings. The Bertz CT molecular complexity index is 930. The van der Waals surface area contributed by atoms with Crippen molar-refractivity contribution >= 4 is 29.5 Å². The van der Waals surface area contributed by atoms with Crippen LogP contribution in [0.4, 0.5) is 0 Å². The van der Waals surface area contributed by atoms with Crippen molar-refractivity contribution < 1.29 is 33.5 Å². The molecule has 7 atom stereocenters. The number of hydrogen-bond acceptors (Lipinski definition) is 7. The highest BCUT2D eigenvalue weighted by atomic mass is 16.7. The third-order valence-corrected chi connectivity index (χ3v) is 10.4. The van der Waals surface area contributed by atoms with Gasteiger partial charge in [-0.25, -0.2) is 4.79 Å². The molecule has 5 rings (SSSR count). The predicted octanol–water partition coefficient (Wildman–Crippen LogP) is 3.90. The molecule has 0 N–H and O–H groups in total. The van der Waals surface area contributed by atoms with E-state index in [1.54, 1.807) is 0 Å². The van der Waals surface area contributed by atoms with Gasteiger partial charge in [0.25, 0.3) is 11.8 Å². The second-order valence-electron chi connectivity index (χ2n) is 12.0. The van der Waals surface area contributed by atoms with Crippen LogP contribution in [0.25, 0.3) is 0 Å². The number of amides is 2. The van der Waals surface area contributed by atoms with Crippen LogP contribution in [-0.2, 0) is 33.5 Å². The van der Waals surface area contributed by atoms with Gasteiger partial charge in [0.15, 0.2) is 0 Å². The lowest BCUT2D eigenvalue weighted by Gasteiger charge is -2.60. The summed E-state index contributed by atoms with van der Waals surface area (Å²) in [6.07, 6.45) is 8.39. The molecule has 4 unspecified atom stereocenters. The lowest BCUT2D eigenvalue weighted by atomic mass is 9.45. The Morgan fingerprint density at radius 1 is 0.829 bits per heavy atom. The standard InChI is InChI=1S/C27H37NO7/c1-26-13-11-17(29)15-16(26)3-4-18-19-5-6-21(27(19,2)14-12-20(18)26)34-24(32)9-10-25(33)35-28-22(30)7-8-23(28)31/h16,18-21H,3-15H2,1-2H3/t16-,18?,19?,20?,21?,26-,27-/m0/s1. The van der Waals surface area contributed by atoms with Crippen LogP contribution >= 0.6 is 0 Å². The molecule has 0 aromatic rings. The third kappa shape index (κ3) is 4.20. The van der Waals surface area contributed by atoms with Gasteiger partial charge < -0.3 is 9.57 Å². The Labute approximate surface area is 206 Å². The summed E-state index contributed by atoms with van der Waals surface area (Å²) in [5, 5.41) is 0.506. The number of hydrogen-bond donors (Lipinski definition) is 0. The van der Waals surface area contributed by atoms with E-state index < -0.39 is 23.8 Å². The van der Waals surface area contributed by atoms with E-state index in [0.717, 1.165) is 51.4 Å². The van der Waals surface area contributed by atoms with E-state index in [2.05, 4.69) is 13.8 Å². The summed E-state index contributed by atoms with van der Waals surface area (Å²) in [5.74, 6) is 0.464. The number of esters is 1. The molecular weight excluding hydrogens is 450 g/mol. The maximum absolute atomic E-state index is 12.6. The van der Waals surface area contributed by atoms with Crippen molar-refractivity contribution in [2.45, 2.75) is 103 Å². The molecule has 0 aromatic carbocycles. The van der Waals surface area contributed by atoms with Crippen molar-refractivity contribution in [1.82, 2.24) is 5.06 Å². The number of carbonyl (C=O) groups excluding carboxylic acids is 5. The number of nitrogens with zero attached hydrogens (tertiary/aromatic N) is 1. The second-order valence-corrected chi connectivity index (χ2v) is 12.0. The minimum absolute atomic E-state index is 0.0371. The quantitative estimate of drug-likeness (QED) is 0.428. The maximum Gasteiger partial charge on any atom is 0.333 e. The Hall–Kier alpha value is -2.25. The van der Waals surface area contributed by atoms with Gasteiger partial charge in [-0.2, -0.15) is 0 Å². The van der Waals surface area contributed by atoms with Gasteiger partial charge in [0, 0.05) is 31.1 Å². The van der Waals surface area contributed by atoms with E-state index >= 15 is 0 Å². The number of ketones is 1. The average molecular weight is 488 g/mol. The van der Waals surface area contributed by atoms with Crippen molar-refractivity contribution in [2.24, 2.45) is 34.5 Å². The number of ether oxygens (including phenoxy) is 1. The maximum atomic E-state index is 12.6. The average Bonchev–Trinajstić information content (AvgIpc) is 3.31. The lowest BCUT2D eigenvalue weighted by molar-refractivity contribution is -0.198. The first-order valence-corrected chi connectivity index (χ1v) is 13.4. The molecule has 0 bridgehead atoms. The van der Waals surface area contributed by atoms with Gasteiger partial charge in [-0.15, -0.1) is 5.06 Å². The first-order valence-electron chi connectivity index (χ1n) is 13.4. The minimum atomic E-state index is -0.780. The Morgan fingerprint density at radius 3 is 2.26 bits per heavy atom. The van der Waals surface area contributed by atoms with Gasteiger partial charge in [-0.3, -0.25) is 19.2 Å². The molecule has 35 heavy (non-hydrogen) atoms. The highest BCUT2D eigenvalue weighted by molar-refractivity contribution is 6.01. The number of fused-ring (bicyclic) bond motifs is 5. The molecule has 4 saturated carbocycles. The highest BCUT2D eigenvalue weighted by Gasteiger charge is 2.61. The zero-order chi connectivity index (χ0) is 25.0. The van der Waals surface area contributed by atoms with Gasteiger partial charge >= 0.3 is 11.9 Å². The van der Waals surface area contributed by atoms with Gasteiger partial charge in [-0.05, 0) is 74.0 Å². The van der Waals surface area contributed by atoms with E-state index in [0.29, 0.717) is 34.5 Å². The molecule has 1 heterocycles. The number of imide groups is 1. The molecule has 2 amide bonds. The van der Waals surface area contributed by atoms with Crippen molar-refractivity contribution in [3.63, 3.8) is 0 Å². The fourth-order valence-corrected chi connectivity index (χ4v) is 8.42. The molecule has 0 aromatic heterocycles. The molecule has 0 radical (unpaired) electrons. The van der Waals surface area contributed by atoms with Gasteiger partial charge in [-0.1, -0.05) is 13.8 Å². The molecule has 1 saturated heterocycles. The fourth-order valence-electron chi connectivity index (χ4n) is 8.42. The van der Waals surface area contributed by atoms with Crippen LogP contribution in [-0.4, -0.2) is 40.7 Å². The van der Waals surface area contributed by atoms with Crippen LogP contribution < -0.4 is 0 Å². The molecule has 4 aliphatic carbocycles. The van der Waals surface area contributed by atoms with E-state index in [1.807, 2.05) is 0 Å². The number of carbonyl (C=O) groups is 5. The largest absolute Gasteiger partial charge is 0.462 e. The highest BCUT2D eigenvalue weighted by Crippen LogP contribution is 2.66. The SMILES string of the molecule is C[C@]12CCC3C(CC[C@H]4CC(=O)CC[C@]34C)C1CCC2OC(=O)CCC(=O)ON1C(=O)CCC1=O. The monoisotopic (exact) mass is 487 g/mol. The van der Waals surface area contributed by atoms with Crippen molar-refractivity contribution in [3.8, 4) is 0 Å². The van der Waals surface area contributed by atoms with E-state index in [-0.39, 0.29) is 42.6 Å². The zero-order valence-electron chi connectivity index (χ0n) is 20.9. The van der Waals surface area contributed by atoms with Crippen LogP contribution in [0, 0.1) is 34.5 Å². The number of rotatable bonds is 5. The molecule has 8 nitrogen and oxygen atoms in total. The van der Waals surface area contributed by atoms with E-state index in [9.17, 15) is 24.0 Å². The zero-order valence-corrected chi connectivity index (χ0v) is 20.9. The smallest absolute Gasteiger partial charge is 0.333 e. The Balaban J connectivity index is 1.17. The molecular formula is C27H37NO7. The topological polar surface area (TPSA) is 107 Å². The normalized spacial score (nSPS) is 40.7. The number of hydroxylamine groups is 2. The van der Waals surface area contributed by atoms with Crippen molar-refractivity contribution in [1.29, 1.82) is 0 Å². The van der Waals surface area contributed by atoms with Crippen molar-refractivity contribution in [2.75, 3.05) is 0 Å². The third-order valence-electron chi connectivity index (χ3n) is 10.4. The van der Waals surface area contributed by atoms with Gasteiger partial charge in [0.05, 0.1) is 12.8 Å². The van der Waals surface area contributed by atoms with Gasteiger partial charge in [0.1, 0.15) is 11.9 Å². The van der Waals surface area contributed by atoms with Crippen LogP contribution in [0.5, 0.6) is 0 Å². The summed E-state index contributed by atoms with van der Waals surface area (Å²) in [4.78, 5) is 64.8. The molecule has 5 fully saturated rings. The summed E-state index contributed by atoms with van der Waals surface area (Å²) < 4.78 is 5.93. The molecule has 1 aliphatic heterocycles. The predicted molar refractivity (Wildman–Crippen MR) is 123 cm³/mol. The first-order chi connectivity index (χ1) is 16.6.